The first-order valence-electron chi connectivity index (χ1n) is 7.12. The van der Waals surface area contributed by atoms with Gasteiger partial charge in [0.2, 0.25) is 5.91 Å². The maximum absolute atomic E-state index is 11.9. The van der Waals surface area contributed by atoms with Crippen molar-refractivity contribution in [2.75, 3.05) is 13.7 Å². The van der Waals surface area contributed by atoms with Gasteiger partial charge in [-0.2, -0.15) is 5.10 Å². The summed E-state index contributed by atoms with van der Waals surface area (Å²) in [6.45, 7) is 2.33. The highest BCUT2D eigenvalue weighted by atomic mass is 16.5. The van der Waals surface area contributed by atoms with Gasteiger partial charge in [-0.25, -0.2) is 0 Å². The smallest absolute Gasteiger partial charge is 0.224 e. The maximum Gasteiger partial charge on any atom is 0.224 e. The van der Waals surface area contributed by atoms with Gasteiger partial charge in [-0.1, -0.05) is 12.1 Å². The van der Waals surface area contributed by atoms with Gasteiger partial charge in [0.25, 0.3) is 0 Å². The number of ether oxygens (including phenoxy) is 2. The highest BCUT2D eigenvalue weighted by Crippen LogP contribution is 2.26. The number of carbonyl (C=O) groups is 1. The Balaban J connectivity index is 1.79. The SMILES string of the molecule is COc1ccccc1OC(C)CNC(=O)Cc1cnn(C)c1. The third-order valence-corrected chi connectivity index (χ3v) is 3.11. The summed E-state index contributed by atoms with van der Waals surface area (Å²) in [5.41, 5.74) is 0.887. The van der Waals surface area contributed by atoms with E-state index in [9.17, 15) is 4.79 Å². The Morgan fingerprint density at radius 2 is 2.09 bits per heavy atom. The van der Waals surface area contributed by atoms with E-state index in [0.717, 1.165) is 5.56 Å². The summed E-state index contributed by atoms with van der Waals surface area (Å²) in [5, 5.41) is 6.89. The molecule has 1 unspecified atom stereocenters. The Morgan fingerprint density at radius 1 is 1.36 bits per heavy atom. The van der Waals surface area contributed by atoms with Crippen molar-refractivity contribution in [1.29, 1.82) is 0 Å². The molecule has 0 aliphatic carbocycles. The molecule has 1 amide bonds. The lowest BCUT2D eigenvalue weighted by Crippen LogP contribution is -2.34. The molecule has 0 aliphatic heterocycles. The average Bonchev–Trinajstić information content (AvgIpc) is 2.91. The van der Waals surface area contributed by atoms with Crippen molar-refractivity contribution in [3.63, 3.8) is 0 Å². The molecule has 2 aromatic rings. The zero-order valence-corrected chi connectivity index (χ0v) is 13.1. The van der Waals surface area contributed by atoms with Gasteiger partial charge in [0.15, 0.2) is 11.5 Å². The van der Waals surface area contributed by atoms with Crippen LogP contribution in [0.5, 0.6) is 11.5 Å². The predicted octanol–water partition coefficient (Wildman–Crippen LogP) is 1.55. The highest BCUT2D eigenvalue weighted by Gasteiger charge is 2.11. The maximum atomic E-state index is 11.9. The number of nitrogens with zero attached hydrogens (tertiary/aromatic N) is 2. The molecule has 118 valence electrons. The van der Waals surface area contributed by atoms with Crippen LogP contribution in [0.3, 0.4) is 0 Å². The van der Waals surface area contributed by atoms with Gasteiger partial charge in [-0.15, -0.1) is 0 Å². The summed E-state index contributed by atoms with van der Waals surface area (Å²) in [6, 6.07) is 7.44. The largest absolute Gasteiger partial charge is 0.493 e. The number of hydrogen-bond acceptors (Lipinski definition) is 4. The fourth-order valence-corrected chi connectivity index (χ4v) is 2.04. The molecular weight excluding hydrogens is 282 g/mol. The zero-order chi connectivity index (χ0) is 15.9. The molecule has 1 aromatic carbocycles. The molecule has 1 heterocycles. The molecule has 1 N–H and O–H groups in total. The van der Waals surface area contributed by atoms with Gasteiger partial charge >= 0.3 is 0 Å². The van der Waals surface area contributed by atoms with Gasteiger partial charge in [0.05, 0.1) is 26.3 Å². The van der Waals surface area contributed by atoms with E-state index >= 15 is 0 Å². The van der Waals surface area contributed by atoms with E-state index < -0.39 is 0 Å². The normalized spacial score (nSPS) is 11.8. The summed E-state index contributed by atoms with van der Waals surface area (Å²) in [5.74, 6) is 1.29. The summed E-state index contributed by atoms with van der Waals surface area (Å²) >= 11 is 0. The van der Waals surface area contributed by atoms with E-state index in [1.165, 1.54) is 0 Å². The number of hydrogen-bond donors (Lipinski definition) is 1. The molecule has 1 aromatic heterocycles. The number of rotatable bonds is 7. The summed E-state index contributed by atoms with van der Waals surface area (Å²) in [6.07, 6.45) is 3.67. The van der Waals surface area contributed by atoms with Crippen molar-refractivity contribution in [2.24, 2.45) is 7.05 Å². The molecule has 6 nitrogen and oxygen atoms in total. The first-order valence-corrected chi connectivity index (χ1v) is 7.12. The Kier molecular flexibility index (Phi) is 5.41. The first kappa shape index (κ1) is 15.9. The second kappa shape index (κ2) is 7.49. The summed E-state index contributed by atoms with van der Waals surface area (Å²) in [7, 11) is 3.42. The molecular formula is C16H21N3O3. The van der Waals surface area contributed by atoms with Crippen LogP contribution in [0.4, 0.5) is 0 Å². The van der Waals surface area contributed by atoms with Crippen LogP contribution < -0.4 is 14.8 Å². The van der Waals surface area contributed by atoms with Crippen molar-refractivity contribution in [3.05, 3.63) is 42.2 Å². The summed E-state index contributed by atoms with van der Waals surface area (Å²) < 4.78 is 12.7. The number of methoxy groups -OCH3 is 1. The second-order valence-electron chi connectivity index (χ2n) is 5.08. The molecule has 6 heteroatoms. The molecule has 0 aliphatic rings. The van der Waals surface area contributed by atoms with Crippen LogP contribution in [-0.4, -0.2) is 35.4 Å². The topological polar surface area (TPSA) is 65.4 Å². The van der Waals surface area contributed by atoms with Crippen LogP contribution in [0.2, 0.25) is 0 Å². The fourth-order valence-electron chi connectivity index (χ4n) is 2.04. The minimum atomic E-state index is -0.158. The number of aromatic nitrogens is 2. The van der Waals surface area contributed by atoms with Gasteiger partial charge in [0, 0.05) is 13.2 Å². The van der Waals surface area contributed by atoms with E-state index in [-0.39, 0.29) is 12.0 Å². The van der Waals surface area contributed by atoms with Crippen LogP contribution in [0, 0.1) is 0 Å². The highest BCUT2D eigenvalue weighted by molar-refractivity contribution is 5.78. The number of carbonyl (C=O) groups excluding carboxylic acids is 1. The van der Waals surface area contributed by atoms with Crippen molar-refractivity contribution in [1.82, 2.24) is 15.1 Å². The molecule has 0 spiro atoms. The zero-order valence-electron chi connectivity index (χ0n) is 13.1. The Labute approximate surface area is 130 Å². The molecule has 22 heavy (non-hydrogen) atoms. The Hall–Kier alpha value is -2.50. The molecule has 0 fully saturated rings. The standard InChI is InChI=1S/C16H21N3O3/c1-12(22-15-7-5-4-6-14(15)21-3)9-17-16(20)8-13-10-18-19(2)11-13/h4-7,10-12H,8-9H2,1-3H3,(H,17,20). The third-order valence-electron chi connectivity index (χ3n) is 3.11. The lowest BCUT2D eigenvalue weighted by molar-refractivity contribution is -0.120. The minimum Gasteiger partial charge on any atom is -0.493 e. The lowest BCUT2D eigenvalue weighted by atomic mass is 10.2. The quantitative estimate of drug-likeness (QED) is 0.843. The Bertz CT molecular complexity index is 625. The summed E-state index contributed by atoms with van der Waals surface area (Å²) in [4.78, 5) is 11.9. The van der Waals surface area contributed by atoms with Gasteiger partial charge < -0.3 is 14.8 Å². The van der Waals surface area contributed by atoms with Crippen molar-refractivity contribution < 1.29 is 14.3 Å². The van der Waals surface area contributed by atoms with E-state index in [1.807, 2.05) is 44.4 Å². The van der Waals surface area contributed by atoms with Crippen molar-refractivity contribution in [2.45, 2.75) is 19.4 Å². The van der Waals surface area contributed by atoms with E-state index in [4.69, 9.17) is 9.47 Å². The van der Waals surface area contributed by atoms with Gasteiger partial charge in [-0.05, 0) is 24.6 Å². The van der Waals surface area contributed by atoms with E-state index in [0.29, 0.717) is 24.5 Å². The number of para-hydroxylation sites is 2. The Morgan fingerprint density at radius 3 is 2.73 bits per heavy atom. The monoisotopic (exact) mass is 303 g/mol. The molecule has 0 saturated heterocycles. The second-order valence-corrected chi connectivity index (χ2v) is 5.08. The molecule has 0 bridgehead atoms. The molecule has 1 atom stereocenters. The van der Waals surface area contributed by atoms with Crippen LogP contribution in [-0.2, 0) is 18.3 Å². The number of nitrogens with one attached hydrogen (secondary N) is 1. The lowest BCUT2D eigenvalue weighted by Gasteiger charge is -2.17. The van der Waals surface area contributed by atoms with Gasteiger partial charge in [0.1, 0.15) is 6.10 Å². The van der Waals surface area contributed by atoms with Crippen LogP contribution in [0.1, 0.15) is 12.5 Å². The van der Waals surface area contributed by atoms with Crippen molar-refractivity contribution >= 4 is 5.91 Å². The first-order chi connectivity index (χ1) is 10.6. The van der Waals surface area contributed by atoms with Crippen molar-refractivity contribution in [3.8, 4) is 11.5 Å². The van der Waals surface area contributed by atoms with Crippen LogP contribution in [0.25, 0.3) is 0 Å². The van der Waals surface area contributed by atoms with Crippen LogP contribution >= 0.6 is 0 Å². The molecule has 0 radical (unpaired) electrons. The number of amides is 1. The van der Waals surface area contributed by atoms with E-state index in [1.54, 1.807) is 18.0 Å². The number of benzene rings is 1. The fraction of sp³-hybridized carbons (Fsp3) is 0.375. The predicted molar refractivity (Wildman–Crippen MR) is 83.0 cm³/mol. The number of aryl methyl sites for hydroxylation is 1. The molecule has 2 rings (SSSR count). The third kappa shape index (κ3) is 4.51. The molecule has 0 saturated carbocycles. The average molecular weight is 303 g/mol. The van der Waals surface area contributed by atoms with E-state index in [2.05, 4.69) is 10.4 Å². The van der Waals surface area contributed by atoms with Crippen LogP contribution in [0.15, 0.2) is 36.7 Å². The van der Waals surface area contributed by atoms with Gasteiger partial charge in [-0.3, -0.25) is 9.48 Å². The minimum absolute atomic E-state index is 0.0523.